The zero-order chi connectivity index (χ0) is 13.1. The summed E-state index contributed by atoms with van der Waals surface area (Å²) in [6.07, 6.45) is 1.44. The van der Waals surface area contributed by atoms with Gasteiger partial charge in [-0.2, -0.15) is 0 Å². The molecule has 1 heterocycles. The van der Waals surface area contributed by atoms with Gasteiger partial charge in [-0.15, -0.1) is 0 Å². The van der Waals surface area contributed by atoms with Crippen LogP contribution < -0.4 is 15.4 Å². The molecule has 0 bridgehead atoms. The molecule has 1 atom stereocenters. The van der Waals surface area contributed by atoms with Crippen molar-refractivity contribution in [3.05, 3.63) is 23.8 Å². The van der Waals surface area contributed by atoms with E-state index in [0.717, 1.165) is 29.8 Å². The van der Waals surface area contributed by atoms with E-state index in [4.69, 9.17) is 10.5 Å². The summed E-state index contributed by atoms with van der Waals surface area (Å²) in [4.78, 5) is 14.0. The fourth-order valence-corrected chi connectivity index (χ4v) is 2.16. The first kappa shape index (κ1) is 12.9. The Hall–Kier alpha value is -1.55. The molecule has 2 rings (SSSR count). The molecule has 1 amide bonds. The number of hydrogen-bond donors (Lipinski definition) is 1. The number of anilines is 1. The van der Waals surface area contributed by atoms with Crippen molar-refractivity contribution in [2.75, 3.05) is 18.0 Å². The van der Waals surface area contributed by atoms with E-state index in [1.54, 1.807) is 6.92 Å². The lowest BCUT2D eigenvalue weighted by Crippen LogP contribution is -2.45. The van der Waals surface area contributed by atoms with E-state index in [-0.39, 0.29) is 5.91 Å². The zero-order valence-corrected chi connectivity index (χ0v) is 11.0. The Bertz CT molecular complexity index is 445. The number of carbonyl (C=O) groups excluding carboxylic acids is 1. The van der Waals surface area contributed by atoms with Crippen LogP contribution in [0.15, 0.2) is 18.2 Å². The van der Waals surface area contributed by atoms with E-state index in [0.29, 0.717) is 13.1 Å². The van der Waals surface area contributed by atoms with Crippen molar-refractivity contribution in [2.45, 2.75) is 32.8 Å². The highest BCUT2D eigenvalue weighted by atomic mass is 16.5. The Labute approximate surface area is 108 Å². The third kappa shape index (κ3) is 2.48. The first-order valence-corrected chi connectivity index (χ1v) is 6.42. The third-order valence-electron chi connectivity index (χ3n) is 3.16. The number of aryl methyl sites for hydroxylation is 1. The van der Waals surface area contributed by atoms with Crippen molar-refractivity contribution >= 4 is 11.6 Å². The molecule has 0 radical (unpaired) electrons. The average Bonchev–Trinajstić information content (AvgIpc) is 2.34. The lowest BCUT2D eigenvalue weighted by atomic mass is 10.1. The molecule has 0 saturated carbocycles. The first-order chi connectivity index (χ1) is 8.63. The van der Waals surface area contributed by atoms with Crippen LogP contribution in [-0.2, 0) is 4.79 Å². The molecule has 0 aliphatic carbocycles. The van der Waals surface area contributed by atoms with Gasteiger partial charge in [-0.1, -0.05) is 6.07 Å². The predicted molar refractivity (Wildman–Crippen MR) is 71.9 cm³/mol. The van der Waals surface area contributed by atoms with Crippen LogP contribution in [0, 0.1) is 6.92 Å². The summed E-state index contributed by atoms with van der Waals surface area (Å²) in [6, 6.07) is 5.94. The Kier molecular flexibility index (Phi) is 3.87. The summed E-state index contributed by atoms with van der Waals surface area (Å²) in [5, 5.41) is 0. The molecule has 1 aromatic carbocycles. The van der Waals surface area contributed by atoms with Gasteiger partial charge in [0.05, 0.1) is 5.69 Å². The number of nitrogens with two attached hydrogens (primary N) is 1. The summed E-state index contributed by atoms with van der Waals surface area (Å²) in [5.41, 5.74) is 7.50. The highest BCUT2D eigenvalue weighted by molar-refractivity contribution is 5.99. The molecule has 1 aromatic rings. The van der Waals surface area contributed by atoms with Crippen LogP contribution in [0.3, 0.4) is 0 Å². The standard InChI is InChI=1S/C14H20N2O2/c1-10-5-6-12-13(9-10)18-11(2)14(17)16(12)8-4-3-7-15/h5-6,9,11H,3-4,7-8,15H2,1-2H3. The second-order valence-electron chi connectivity index (χ2n) is 4.72. The predicted octanol–water partition coefficient (Wildman–Crippen LogP) is 1.85. The van der Waals surface area contributed by atoms with Gasteiger partial charge in [0, 0.05) is 6.54 Å². The van der Waals surface area contributed by atoms with E-state index >= 15 is 0 Å². The highest BCUT2D eigenvalue weighted by Crippen LogP contribution is 2.34. The van der Waals surface area contributed by atoms with E-state index < -0.39 is 6.10 Å². The van der Waals surface area contributed by atoms with Gasteiger partial charge in [0.25, 0.3) is 5.91 Å². The Balaban J connectivity index is 2.24. The van der Waals surface area contributed by atoms with Crippen LogP contribution in [-0.4, -0.2) is 25.1 Å². The van der Waals surface area contributed by atoms with Crippen molar-refractivity contribution in [3.63, 3.8) is 0 Å². The number of amides is 1. The number of ether oxygens (including phenoxy) is 1. The second-order valence-corrected chi connectivity index (χ2v) is 4.72. The number of carbonyl (C=O) groups is 1. The van der Waals surface area contributed by atoms with Gasteiger partial charge in [0.2, 0.25) is 0 Å². The molecule has 0 saturated heterocycles. The van der Waals surface area contributed by atoms with Crippen LogP contribution in [0.4, 0.5) is 5.69 Å². The van der Waals surface area contributed by atoms with Gasteiger partial charge >= 0.3 is 0 Å². The van der Waals surface area contributed by atoms with Gasteiger partial charge in [-0.3, -0.25) is 4.79 Å². The van der Waals surface area contributed by atoms with Crippen molar-refractivity contribution in [1.29, 1.82) is 0 Å². The Morgan fingerprint density at radius 2 is 2.17 bits per heavy atom. The summed E-state index contributed by atoms with van der Waals surface area (Å²) >= 11 is 0. The fraction of sp³-hybridized carbons (Fsp3) is 0.500. The van der Waals surface area contributed by atoms with E-state index in [1.807, 2.05) is 30.0 Å². The van der Waals surface area contributed by atoms with Crippen molar-refractivity contribution < 1.29 is 9.53 Å². The molecular formula is C14H20N2O2. The molecule has 1 aliphatic heterocycles. The maximum Gasteiger partial charge on any atom is 0.267 e. The summed E-state index contributed by atoms with van der Waals surface area (Å²) in [5.74, 6) is 0.832. The molecule has 18 heavy (non-hydrogen) atoms. The molecule has 4 nitrogen and oxygen atoms in total. The smallest absolute Gasteiger partial charge is 0.267 e. The molecule has 98 valence electrons. The molecule has 0 spiro atoms. The van der Waals surface area contributed by atoms with Crippen LogP contribution >= 0.6 is 0 Å². The van der Waals surface area contributed by atoms with Crippen molar-refractivity contribution in [1.82, 2.24) is 0 Å². The van der Waals surface area contributed by atoms with Crippen LogP contribution in [0.2, 0.25) is 0 Å². The minimum Gasteiger partial charge on any atom is -0.479 e. The number of rotatable bonds is 4. The SMILES string of the molecule is Cc1ccc2c(c1)OC(C)C(=O)N2CCCCN. The van der Waals surface area contributed by atoms with Gasteiger partial charge in [-0.25, -0.2) is 0 Å². The topological polar surface area (TPSA) is 55.6 Å². The zero-order valence-electron chi connectivity index (χ0n) is 11.0. The summed E-state index contributed by atoms with van der Waals surface area (Å²) in [7, 11) is 0. The summed E-state index contributed by atoms with van der Waals surface area (Å²) in [6.45, 7) is 5.18. The Morgan fingerprint density at radius 3 is 2.89 bits per heavy atom. The third-order valence-corrected chi connectivity index (χ3v) is 3.16. The molecule has 0 fully saturated rings. The molecule has 4 heteroatoms. The van der Waals surface area contributed by atoms with Crippen LogP contribution in [0.25, 0.3) is 0 Å². The maximum absolute atomic E-state index is 12.1. The van der Waals surface area contributed by atoms with E-state index in [1.165, 1.54) is 0 Å². The lowest BCUT2D eigenvalue weighted by molar-refractivity contribution is -0.125. The van der Waals surface area contributed by atoms with Crippen molar-refractivity contribution in [2.24, 2.45) is 5.73 Å². The quantitative estimate of drug-likeness (QED) is 0.827. The van der Waals surface area contributed by atoms with E-state index in [9.17, 15) is 4.79 Å². The molecular weight excluding hydrogens is 228 g/mol. The number of nitrogens with zero attached hydrogens (tertiary/aromatic N) is 1. The van der Waals surface area contributed by atoms with Crippen molar-refractivity contribution in [3.8, 4) is 5.75 Å². The molecule has 1 unspecified atom stereocenters. The van der Waals surface area contributed by atoms with E-state index in [2.05, 4.69) is 0 Å². The largest absolute Gasteiger partial charge is 0.479 e. The average molecular weight is 248 g/mol. The number of unbranched alkanes of at least 4 members (excludes halogenated alkanes) is 1. The minimum absolute atomic E-state index is 0.0309. The van der Waals surface area contributed by atoms with Gasteiger partial charge < -0.3 is 15.4 Å². The molecule has 1 aliphatic rings. The second kappa shape index (κ2) is 5.40. The monoisotopic (exact) mass is 248 g/mol. The number of fused-ring (bicyclic) bond motifs is 1. The lowest BCUT2D eigenvalue weighted by Gasteiger charge is -2.33. The first-order valence-electron chi connectivity index (χ1n) is 6.42. The summed E-state index contributed by atoms with van der Waals surface area (Å²) < 4.78 is 5.65. The number of hydrogen-bond acceptors (Lipinski definition) is 3. The molecule has 0 aromatic heterocycles. The Morgan fingerprint density at radius 1 is 1.39 bits per heavy atom. The maximum atomic E-state index is 12.1. The van der Waals surface area contributed by atoms with Gasteiger partial charge in [-0.05, 0) is 50.9 Å². The van der Waals surface area contributed by atoms with Crippen LogP contribution in [0.5, 0.6) is 5.75 Å². The minimum atomic E-state index is -0.405. The molecule has 2 N–H and O–H groups in total. The fourth-order valence-electron chi connectivity index (χ4n) is 2.16. The van der Waals surface area contributed by atoms with Crippen LogP contribution in [0.1, 0.15) is 25.3 Å². The van der Waals surface area contributed by atoms with Gasteiger partial charge in [0.1, 0.15) is 5.75 Å². The normalized spacial score (nSPS) is 18.5. The highest BCUT2D eigenvalue weighted by Gasteiger charge is 2.30. The number of benzene rings is 1. The van der Waals surface area contributed by atoms with Gasteiger partial charge in [0.15, 0.2) is 6.10 Å².